The molecule has 1 N–H and O–H groups in total. The van der Waals surface area contributed by atoms with Crippen molar-refractivity contribution in [2.45, 2.75) is 5.75 Å². The number of pyridine rings is 1. The lowest BCUT2D eigenvalue weighted by Gasteiger charge is -2.12. The second kappa shape index (κ2) is 11.8. The minimum Gasteiger partial charge on any atom is -0.496 e. The molecule has 0 bridgehead atoms. The van der Waals surface area contributed by atoms with Gasteiger partial charge in [-0.25, -0.2) is 18.2 Å². The first kappa shape index (κ1) is 25.5. The van der Waals surface area contributed by atoms with E-state index in [1.807, 2.05) is 0 Å². The lowest BCUT2D eigenvalue weighted by Crippen LogP contribution is -2.04. The molecule has 10 nitrogen and oxygen atoms in total. The summed E-state index contributed by atoms with van der Waals surface area (Å²) in [4.78, 5) is 15.3. The quantitative estimate of drug-likeness (QED) is 0.381. The van der Waals surface area contributed by atoms with E-state index >= 15 is 0 Å². The highest BCUT2D eigenvalue weighted by Crippen LogP contribution is 2.35. The molecule has 2 rings (SSSR count). The lowest BCUT2D eigenvalue weighted by atomic mass is 10.1. The molecule has 1 heterocycles. The summed E-state index contributed by atoms with van der Waals surface area (Å²) in [7, 11) is 3.42. The van der Waals surface area contributed by atoms with Crippen molar-refractivity contribution in [2.24, 2.45) is 0 Å². The Kier molecular flexibility index (Phi) is 9.10. The first-order valence-corrected chi connectivity index (χ1v) is 11.2. The van der Waals surface area contributed by atoms with Crippen LogP contribution in [0.2, 0.25) is 0 Å². The highest BCUT2D eigenvalue weighted by atomic mass is 32.2. The Bertz CT molecular complexity index is 1120. The van der Waals surface area contributed by atoms with Crippen LogP contribution in [0.4, 0.5) is 5.69 Å². The van der Waals surface area contributed by atoms with Crippen LogP contribution < -0.4 is 24.3 Å². The average Bonchev–Trinajstić information content (AvgIpc) is 2.81. The maximum atomic E-state index is 12.8. The molecule has 0 spiro atoms. The van der Waals surface area contributed by atoms with E-state index in [4.69, 9.17) is 18.9 Å². The number of benzene rings is 1. The Morgan fingerprint density at radius 2 is 1.67 bits per heavy atom. The highest BCUT2D eigenvalue weighted by molar-refractivity contribution is 7.93. The number of hydrogen-bond donors (Lipinski definition) is 1. The van der Waals surface area contributed by atoms with Gasteiger partial charge in [-0.2, -0.15) is 0 Å². The second-order valence-corrected chi connectivity index (χ2v) is 8.34. The van der Waals surface area contributed by atoms with Crippen molar-refractivity contribution < 1.29 is 36.9 Å². The number of nitrogens with one attached hydrogen (secondary N) is 1. The van der Waals surface area contributed by atoms with Gasteiger partial charge >= 0.3 is 5.97 Å². The monoisotopic (exact) mass is 478 g/mol. The summed E-state index contributed by atoms with van der Waals surface area (Å²) in [6, 6.07) is 4.82. The summed E-state index contributed by atoms with van der Waals surface area (Å²) in [6.07, 6.45) is 5.31. The molecule has 0 aliphatic rings. The smallest absolute Gasteiger partial charge is 0.331 e. The summed E-state index contributed by atoms with van der Waals surface area (Å²) >= 11 is 0. The van der Waals surface area contributed by atoms with E-state index in [-0.39, 0.29) is 11.6 Å². The number of anilines is 1. The van der Waals surface area contributed by atoms with E-state index in [0.717, 1.165) is 5.41 Å². The second-order valence-electron chi connectivity index (χ2n) is 6.46. The zero-order valence-electron chi connectivity index (χ0n) is 18.9. The molecule has 0 aliphatic carbocycles. The molecule has 0 amide bonds. The Hall–Kier alpha value is -3.73. The van der Waals surface area contributed by atoms with Crippen LogP contribution >= 0.6 is 0 Å². The maximum absolute atomic E-state index is 12.8. The molecule has 178 valence electrons. The van der Waals surface area contributed by atoms with Crippen LogP contribution in [0, 0.1) is 0 Å². The Morgan fingerprint density at radius 1 is 1.00 bits per heavy atom. The maximum Gasteiger partial charge on any atom is 0.331 e. The fraction of sp³-hybridized carbons (Fsp3) is 0.273. The first-order chi connectivity index (χ1) is 15.8. The molecular weight excluding hydrogens is 452 g/mol. The molecule has 0 aliphatic heterocycles. The fourth-order valence-corrected chi connectivity index (χ4v) is 3.82. The van der Waals surface area contributed by atoms with E-state index in [1.165, 1.54) is 60.1 Å². The number of carbonyl (C=O) groups is 1. The van der Waals surface area contributed by atoms with E-state index in [1.54, 1.807) is 18.2 Å². The molecule has 11 heteroatoms. The van der Waals surface area contributed by atoms with Crippen LogP contribution in [-0.4, -0.2) is 54.9 Å². The molecule has 0 unspecified atom stereocenters. The third-order valence-corrected chi connectivity index (χ3v) is 5.61. The molecule has 0 saturated carbocycles. The fourth-order valence-electron chi connectivity index (χ4n) is 2.76. The molecular formula is C22H26N2O8S. The van der Waals surface area contributed by atoms with Crippen molar-refractivity contribution in [2.75, 3.05) is 40.9 Å². The van der Waals surface area contributed by atoms with Crippen LogP contribution in [0.5, 0.6) is 23.1 Å². The van der Waals surface area contributed by atoms with Crippen molar-refractivity contribution in [1.29, 1.82) is 0 Å². The van der Waals surface area contributed by atoms with Gasteiger partial charge in [-0.05, 0) is 17.7 Å². The van der Waals surface area contributed by atoms with Gasteiger partial charge in [-0.3, -0.25) is 0 Å². The zero-order valence-corrected chi connectivity index (χ0v) is 19.8. The summed E-state index contributed by atoms with van der Waals surface area (Å²) in [5, 5.41) is 3.91. The molecule has 2 aromatic rings. The van der Waals surface area contributed by atoms with E-state index in [9.17, 15) is 13.2 Å². The van der Waals surface area contributed by atoms with Gasteiger partial charge in [0.25, 0.3) is 0 Å². The Labute approximate surface area is 192 Å². The summed E-state index contributed by atoms with van der Waals surface area (Å²) in [5.41, 5.74) is 1.24. The molecule has 0 atom stereocenters. The SMILES string of the molecule is COC(=O)/C=C\Nc1cc(CS(=O)(=O)/C=C/c2c(OC)cc(OC)cc2OC)cnc1OC. The lowest BCUT2D eigenvalue weighted by molar-refractivity contribution is -0.134. The minimum atomic E-state index is -3.70. The first-order valence-electron chi connectivity index (χ1n) is 9.51. The van der Waals surface area contributed by atoms with E-state index < -0.39 is 15.8 Å². The predicted molar refractivity (Wildman–Crippen MR) is 123 cm³/mol. The largest absolute Gasteiger partial charge is 0.496 e. The molecule has 0 saturated heterocycles. The normalized spacial score (nSPS) is 11.4. The van der Waals surface area contributed by atoms with Crippen LogP contribution in [0.25, 0.3) is 6.08 Å². The third-order valence-electron chi connectivity index (χ3n) is 4.32. The number of carbonyl (C=O) groups excluding carboxylic acids is 1. The number of methoxy groups -OCH3 is 5. The summed E-state index contributed by atoms with van der Waals surface area (Å²) in [6.45, 7) is 0. The van der Waals surface area contributed by atoms with Gasteiger partial charge in [0.15, 0.2) is 9.84 Å². The zero-order chi connectivity index (χ0) is 24.4. The van der Waals surface area contributed by atoms with Crippen molar-refractivity contribution in [3.05, 3.63) is 53.2 Å². The molecule has 1 aromatic heterocycles. The van der Waals surface area contributed by atoms with Gasteiger partial charge in [0, 0.05) is 36.0 Å². The standard InChI is InChI=1S/C22H26N2O8S/c1-28-16-11-19(29-2)17(20(12-16)30-3)7-9-33(26,27)14-15-10-18(22(32-5)24-13-15)23-8-6-21(25)31-4/h6-13,23H,14H2,1-5H3/b8-6-,9-7+. The highest BCUT2D eigenvalue weighted by Gasteiger charge is 2.15. The van der Waals surface area contributed by atoms with Gasteiger partial charge in [-0.1, -0.05) is 0 Å². The number of nitrogens with zero attached hydrogens (tertiary/aromatic N) is 1. The van der Waals surface area contributed by atoms with Gasteiger partial charge in [0.1, 0.15) is 22.9 Å². The van der Waals surface area contributed by atoms with E-state index in [0.29, 0.717) is 34.1 Å². The number of aromatic nitrogens is 1. The molecule has 33 heavy (non-hydrogen) atoms. The van der Waals surface area contributed by atoms with Crippen LogP contribution in [0.15, 0.2) is 42.1 Å². The van der Waals surface area contributed by atoms with Crippen molar-refractivity contribution >= 4 is 27.6 Å². The molecule has 1 aromatic carbocycles. The molecule has 0 fully saturated rings. The minimum absolute atomic E-state index is 0.230. The molecule has 0 radical (unpaired) electrons. The van der Waals surface area contributed by atoms with Crippen LogP contribution in [0.1, 0.15) is 11.1 Å². The van der Waals surface area contributed by atoms with Gasteiger partial charge < -0.3 is 29.0 Å². The van der Waals surface area contributed by atoms with Gasteiger partial charge in [0.2, 0.25) is 5.88 Å². The number of ether oxygens (including phenoxy) is 5. The van der Waals surface area contributed by atoms with Crippen molar-refractivity contribution in [3.63, 3.8) is 0 Å². The predicted octanol–water partition coefficient (Wildman–Crippen LogP) is 2.80. The Morgan fingerprint density at radius 3 is 2.21 bits per heavy atom. The third kappa shape index (κ3) is 7.14. The van der Waals surface area contributed by atoms with Crippen LogP contribution in [0.3, 0.4) is 0 Å². The van der Waals surface area contributed by atoms with Crippen molar-refractivity contribution in [3.8, 4) is 23.1 Å². The van der Waals surface area contributed by atoms with Crippen LogP contribution in [-0.2, 0) is 25.1 Å². The van der Waals surface area contributed by atoms with Gasteiger partial charge in [-0.15, -0.1) is 0 Å². The average molecular weight is 479 g/mol. The number of rotatable bonds is 11. The van der Waals surface area contributed by atoms with Crippen molar-refractivity contribution in [1.82, 2.24) is 4.98 Å². The summed E-state index contributed by atoms with van der Waals surface area (Å²) in [5.74, 6) is 0.655. The van der Waals surface area contributed by atoms with Gasteiger partial charge in [0.05, 0.1) is 46.9 Å². The number of sulfone groups is 1. The number of esters is 1. The topological polar surface area (TPSA) is 122 Å². The number of hydrogen-bond acceptors (Lipinski definition) is 10. The summed E-state index contributed by atoms with van der Waals surface area (Å²) < 4.78 is 51.1. The Balaban J connectivity index is 2.29. The van der Waals surface area contributed by atoms with E-state index in [2.05, 4.69) is 15.0 Å².